The summed E-state index contributed by atoms with van der Waals surface area (Å²) in [6.45, 7) is 0. The minimum absolute atomic E-state index is 1.01. The first-order chi connectivity index (χ1) is 22.4. The Balaban J connectivity index is 1.32. The first-order valence-electron chi connectivity index (χ1n) is 15.3. The summed E-state index contributed by atoms with van der Waals surface area (Å²) in [5, 5.41) is 6.21. The van der Waals surface area contributed by atoms with Gasteiger partial charge in [0.1, 0.15) is 0 Å². The Hall–Kier alpha value is -6.13. The summed E-state index contributed by atoms with van der Waals surface area (Å²) in [7, 11) is 0. The van der Waals surface area contributed by atoms with Crippen LogP contribution in [-0.4, -0.2) is 18.7 Å². The lowest BCUT2D eigenvalue weighted by Crippen LogP contribution is -1.96. The highest BCUT2D eigenvalue weighted by Crippen LogP contribution is 2.43. The van der Waals surface area contributed by atoms with Gasteiger partial charge in [-0.3, -0.25) is 4.98 Å². The van der Waals surface area contributed by atoms with E-state index >= 15 is 0 Å². The van der Waals surface area contributed by atoms with Gasteiger partial charge in [-0.2, -0.15) is 0 Å². The standard InChI is InChI=1S/C41H26N4/c1-3-12-27(13-4-1)43-33-18-9-7-16-30(33)39-36(43)23-24-37-40(39)31-17-8-10-19-34(31)45(37)29-21-22-35-32(26-29)41-38(20-11-25-42-41)44(35)28-14-5-2-6-15-28/h1-26H. The molecule has 0 atom stereocenters. The third-order valence-corrected chi connectivity index (χ3v) is 9.26. The van der Waals surface area contributed by atoms with E-state index in [0.717, 1.165) is 33.3 Å². The molecule has 0 radical (unpaired) electrons. The Labute approximate surface area is 258 Å². The molecule has 0 unspecified atom stereocenters. The van der Waals surface area contributed by atoms with Crippen molar-refractivity contribution < 1.29 is 0 Å². The SMILES string of the molecule is c1ccc(-n2c3ccc(-n4c5ccccc5c5c6c7ccccc7n(-c7ccccc7)c6ccc54)cc3c3ncccc32)cc1. The molecule has 0 aliphatic heterocycles. The molecule has 4 aromatic heterocycles. The smallest absolute Gasteiger partial charge is 0.0964 e. The lowest BCUT2D eigenvalue weighted by Gasteiger charge is -2.10. The van der Waals surface area contributed by atoms with Gasteiger partial charge in [0.2, 0.25) is 0 Å². The molecule has 0 N–H and O–H groups in total. The summed E-state index contributed by atoms with van der Waals surface area (Å²) < 4.78 is 7.13. The minimum Gasteiger partial charge on any atom is -0.309 e. The van der Waals surface area contributed by atoms with Crippen molar-refractivity contribution >= 4 is 65.5 Å². The zero-order valence-electron chi connectivity index (χ0n) is 24.3. The van der Waals surface area contributed by atoms with Gasteiger partial charge in [0.05, 0.1) is 38.6 Å². The second-order valence-electron chi connectivity index (χ2n) is 11.6. The van der Waals surface area contributed by atoms with Crippen molar-refractivity contribution in [2.45, 2.75) is 0 Å². The molecule has 0 aliphatic rings. The average molecular weight is 575 g/mol. The lowest BCUT2D eigenvalue weighted by molar-refractivity contribution is 1.16. The van der Waals surface area contributed by atoms with Gasteiger partial charge in [0.25, 0.3) is 0 Å². The number of hydrogen-bond donors (Lipinski definition) is 0. The molecule has 10 aromatic rings. The third kappa shape index (κ3) is 3.34. The van der Waals surface area contributed by atoms with Crippen LogP contribution in [0.1, 0.15) is 0 Å². The Morgan fingerprint density at radius 3 is 1.42 bits per heavy atom. The summed E-state index contributed by atoms with van der Waals surface area (Å²) in [5.74, 6) is 0. The molecule has 210 valence electrons. The molecule has 10 rings (SSSR count). The van der Waals surface area contributed by atoms with Crippen LogP contribution in [0.4, 0.5) is 0 Å². The average Bonchev–Trinajstić information content (AvgIpc) is 3.74. The molecular formula is C41H26N4. The van der Waals surface area contributed by atoms with Crippen molar-refractivity contribution in [1.82, 2.24) is 18.7 Å². The van der Waals surface area contributed by atoms with Crippen LogP contribution in [0.15, 0.2) is 158 Å². The molecule has 0 saturated heterocycles. The summed E-state index contributed by atoms with van der Waals surface area (Å²) in [5.41, 5.74) is 11.5. The quantitative estimate of drug-likeness (QED) is 0.206. The number of hydrogen-bond acceptors (Lipinski definition) is 1. The molecule has 4 nitrogen and oxygen atoms in total. The molecular weight excluding hydrogens is 548 g/mol. The number of fused-ring (bicyclic) bond motifs is 10. The van der Waals surface area contributed by atoms with Crippen LogP contribution < -0.4 is 0 Å². The summed E-state index contributed by atoms with van der Waals surface area (Å²) in [6.07, 6.45) is 1.89. The number of rotatable bonds is 3. The van der Waals surface area contributed by atoms with Crippen molar-refractivity contribution in [3.63, 3.8) is 0 Å². The molecule has 6 aromatic carbocycles. The van der Waals surface area contributed by atoms with E-state index in [9.17, 15) is 0 Å². The monoisotopic (exact) mass is 574 g/mol. The predicted molar refractivity (Wildman–Crippen MR) is 187 cm³/mol. The first kappa shape index (κ1) is 24.3. The summed E-state index contributed by atoms with van der Waals surface area (Å²) >= 11 is 0. The van der Waals surface area contributed by atoms with Crippen molar-refractivity contribution in [2.75, 3.05) is 0 Å². The van der Waals surface area contributed by atoms with Gasteiger partial charge < -0.3 is 13.7 Å². The molecule has 0 amide bonds. The van der Waals surface area contributed by atoms with E-state index in [1.807, 2.05) is 12.3 Å². The van der Waals surface area contributed by atoms with E-state index in [1.54, 1.807) is 0 Å². The Bertz CT molecular complexity index is 2750. The van der Waals surface area contributed by atoms with Gasteiger partial charge in [0, 0.05) is 50.2 Å². The normalized spacial score (nSPS) is 12.0. The molecule has 0 aliphatic carbocycles. The first-order valence-corrected chi connectivity index (χ1v) is 15.3. The van der Waals surface area contributed by atoms with E-state index in [1.165, 1.54) is 49.3 Å². The van der Waals surface area contributed by atoms with E-state index in [4.69, 9.17) is 4.98 Å². The van der Waals surface area contributed by atoms with Crippen molar-refractivity contribution in [3.05, 3.63) is 158 Å². The van der Waals surface area contributed by atoms with Gasteiger partial charge in [-0.25, -0.2) is 0 Å². The molecule has 45 heavy (non-hydrogen) atoms. The minimum atomic E-state index is 1.01. The van der Waals surface area contributed by atoms with E-state index in [2.05, 4.69) is 159 Å². The van der Waals surface area contributed by atoms with Crippen LogP contribution in [0, 0.1) is 0 Å². The lowest BCUT2D eigenvalue weighted by atomic mass is 10.1. The zero-order chi connectivity index (χ0) is 29.5. The largest absolute Gasteiger partial charge is 0.309 e. The number of aromatic nitrogens is 4. The fraction of sp³-hybridized carbons (Fsp3) is 0. The van der Waals surface area contributed by atoms with Crippen LogP contribution in [0.3, 0.4) is 0 Å². The fourth-order valence-corrected chi connectivity index (χ4v) is 7.47. The second kappa shape index (κ2) is 9.18. The molecule has 4 heteroatoms. The van der Waals surface area contributed by atoms with Crippen LogP contribution >= 0.6 is 0 Å². The maximum absolute atomic E-state index is 4.88. The van der Waals surface area contributed by atoms with Crippen molar-refractivity contribution in [1.29, 1.82) is 0 Å². The van der Waals surface area contributed by atoms with Gasteiger partial charge in [0.15, 0.2) is 0 Å². The number of pyridine rings is 1. The van der Waals surface area contributed by atoms with Crippen molar-refractivity contribution in [3.8, 4) is 17.1 Å². The summed E-state index contributed by atoms with van der Waals surface area (Å²) in [6, 6.07) is 54.4. The van der Waals surface area contributed by atoms with Crippen LogP contribution in [-0.2, 0) is 0 Å². The fourth-order valence-electron chi connectivity index (χ4n) is 7.47. The maximum atomic E-state index is 4.88. The predicted octanol–water partition coefficient (Wildman–Crippen LogP) is 10.4. The van der Waals surface area contributed by atoms with Crippen LogP contribution in [0.25, 0.3) is 82.6 Å². The zero-order valence-corrected chi connectivity index (χ0v) is 24.3. The third-order valence-electron chi connectivity index (χ3n) is 9.26. The van der Waals surface area contributed by atoms with Gasteiger partial charge in [-0.1, -0.05) is 72.8 Å². The molecule has 0 spiro atoms. The number of para-hydroxylation sites is 4. The Morgan fingerprint density at radius 2 is 0.800 bits per heavy atom. The highest BCUT2D eigenvalue weighted by molar-refractivity contribution is 6.29. The van der Waals surface area contributed by atoms with E-state index < -0.39 is 0 Å². The van der Waals surface area contributed by atoms with E-state index in [0.29, 0.717) is 0 Å². The number of nitrogens with zero attached hydrogens (tertiary/aromatic N) is 4. The van der Waals surface area contributed by atoms with Crippen LogP contribution in [0.5, 0.6) is 0 Å². The molecule has 0 fully saturated rings. The topological polar surface area (TPSA) is 27.7 Å². The maximum Gasteiger partial charge on any atom is 0.0964 e. The highest BCUT2D eigenvalue weighted by Gasteiger charge is 2.21. The van der Waals surface area contributed by atoms with Gasteiger partial charge in [-0.15, -0.1) is 0 Å². The molecule has 0 saturated carbocycles. The molecule has 4 heterocycles. The molecule has 0 bridgehead atoms. The van der Waals surface area contributed by atoms with Crippen LogP contribution in [0.2, 0.25) is 0 Å². The van der Waals surface area contributed by atoms with Gasteiger partial charge in [-0.05, 0) is 78.9 Å². The van der Waals surface area contributed by atoms with Gasteiger partial charge >= 0.3 is 0 Å². The van der Waals surface area contributed by atoms with E-state index in [-0.39, 0.29) is 0 Å². The Kier molecular flexibility index (Phi) is 4.96. The second-order valence-corrected chi connectivity index (χ2v) is 11.6. The summed E-state index contributed by atoms with van der Waals surface area (Å²) in [4.78, 5) is 4.88. The number of benzene rings is 6. The van der Waals surface area contributed by atoms with Crippen molar-refractivity contribution in [2.24, 2.45) is 0 Å². The highest BCUT2D eigenvalue weighted by atomic mass is 15.0. The Morgan fingerprint density at radius 1 is 0.333 bits per heavy atom.